The number of hydrogen-bond donors (Lipinski definition) is 2. The van der Waals surface area contributed by atoms with Crippen LogP contribution in [0.3, 0.4) is 0 Å². The number of fused-ring (bicyclic) bond motifs is 1. The molecule has 0 unspecified atom stereocenters. The number of rotatable bonds is 5. The van der Waals surface area contributed by atoms with Crippen molar-refractivity contribution >= 4 is 11.0 Å². The molecule has 2 aromatic heterocycles. The van der Waals surface area contributed by atoms with Crippen molar-refractivity contribution < 1.29 is 0 Å². The SMILES string of the molecule is c1cnc2[nH]cc(CNCCC3CCCCC3)c2c1. The average Bonchev–Trinajstić information content (AvgIpc) is 2.88. The molecular weight excluding hydrogens is 234 g/mol. The van der Waals surface area contributed by atoms with Crippen LogP contribution in [0.4, 0.5) is 0 Å². The van der Waals surface area contributed by atoms with Gasteiger partial charge in [0.1, 0.15) is 5.65 Å². The third kappa shape index (κ3) is 3.16. The van der Waals surface area contributed by atoms with Crippen molar-refractivity contribution in [1.29, 1.82) is 0 Å². The standard InChI is InChI=1S/C16H23N3/c1-2-5-13(6-3-1)8-10-17-11-14-12-19-16-15(14)7-4-9-18-16/h4,7,9,12-13,17H,1-3,5-6,8,10-11H2,(H,18,19). The van der Waals surface area contributed by atoms with Crippen molar-refractivity contribution in [2.24, 2.45) is 5.92 Å². The largest absolute Gasteiger partial charge is 0.346 e. The maximum Gasteiger partial charge on any atom is 0.137 e. The van der Waals surface area contributed by atoms with Crippen LogP contribution in [0, 0.1) is 5.92 Å². The van der Waals surface area contributed by atoms with Gasteiger partial charge < -0.3 is 10.3 Å². The average molecular weight is 257 g/mol. The fraction of sp³-hybridized carbons (Fsp3) is 0.562. The van der Waals surface area contributed by atoms with Crippen LogP contribution in [-0.2, 0) is 6.54 Å². The van der Waals surface area contributed by atoms with Gasteiger partial charge in [-0.2, -0.15) is 0 Å². The minimum atomic E-state index is 0.943. The molecule has 3 heteroatoms. The van der Waals surface area contributed by atoms with E-state index in [0.717, 1.165) is 24.7 Å². The first-order valence-electron chi connectivity index (χ1n) is 7.55. The number of nitrogens with zero attached hydrogens (tertiary/aromatic N) is 1. The summed E-state index contributed by atoms with van der Waals surface area (Å²) in [7, 11) is 0. The second kappa shape index (κ2) is 6.20. The van der Waals surface area contributed by atoms with E-state index in [1.54, 1.807) is 0 Å². The zero-order valence-corrected chi connectivity index (χ0v) is 11.5. The van der Waals surface area contributed by atoms with Crippen LogP contribution in [0.15, 0.2) is 24.5 Å². The Kier molecular flexibility index (Phi) is 4.13. The Morgan fingerprint density at radius 1 is 1.26 bits per heavy atom. The van der Waals surface area contributed by atoms with Crippen LogP contribution in [0.5, 0.6) is 0 Å². The van der Waals surface area contributed by atoms with E-state index in [-0.39, 0.29) is 0 Å². The monoisotopic (exact) mass is 257 g/mol. The van der Waals surface area contributed by atoms with Crippen molar-refractivity contribution in [3.8, 4) is 0 Å². The normalized spacial score (nSPS) is 17.1. The Morgan fingerprint density at radius 2 is 2.16 bits per heavy atom. The number of hydrogen-bond acceptors (Lipinski definition) is 2. The molecule has 0 aromatic carbocycles. The summed E-state index contributed by atoms with van der Waals surface area (Å²) in [5, 5.41) is 4.82. The fourth-order valence-corrected chi connectivity index (χ4v) is 3.16. The highest BCUT2D eigenvalue weighted by Crippen LogP contribution is 2.25. The van der Waals surface area contributed by atoms with Gasteiger partial charge in [-0.3, -0.25) is 0 Å². The van der Waals surface area contributed by atoms with Gasteiger partial charge in [0.25, 0.3) is 0 Å². The molecule has 102 valence electrons. The van der Waals surface area contributed by atoms with Crippen molar-refractivity contribution in [3.63, 3.8) is 0 Å². The maximum atomic E-state index is 4.32. The Hall–Kier alpha value is -1.35. The predicted octanol–water partition coefficient (Wildman–Crippen LogP) is 3.62. The summed E-state index contributed by atoms with van der Waals surface area (Å²) in [5.41, 5.74) is 2.32. The zero-order valence-electron chi connectivity index (χ0n) is 11.5. The van der Waals surface area contributed by atoms with Crippen LogP contribution >= 0.6 is 0 Å². The molecule has 3 rings (SSSR count). The van der Waals surface area contributed by atoms with Gasteiger partial charge in [-0.15, -0.1) is 0 Å². The minimum Gasteiger partial charge on any atom is -0.346 e. The quantitative estimate of drug-likeness (QED) is 0.803. The number of nitrogens with one attached hydrogen (secondary N) is 2. The highest BCUT2D eigenvalue weighted by atomic mass is 14.9. The van der Waals surface area contributed by atoms with E-state index < -0.39 is 0 Å². The molecule has 0 bridgehead atoms. The van der Waals surface area contributed by atoms with E-state index in [2.05, 4.69) is 27.5 Å². The first-order valence-corrected chi connectivity index (χ1v) is 7.55. The summed E-state index contributed by atoms with van der Waals surface area (Å²) in [6.07, 6.45) is 12.5. The van der Waals surface area contributed by atoms with E-state index in [1.807, 2.05) is 12.3 Å². The Balaban J connectivity index is 1.47. The molecule has 0 aliphatic heterocycles. The lowest BCUT2D eigenvalue weighted by Crippen LogP contribution is -2.19. The van der Waals surface area contributed by atoms with Gasteiger partial charge in [0.05, 0.1) is 0 Å². The molecule has 1 saturated carbocycles. The van der Waals surface area contributed by atoms with Crippen molar-refractivity contribution in [2.75, 3.05) is 6.54 Å². The molecule has 0 radical (unpaired) electrons. The first-order chi connectivity index (χ1) is 9.43. The van der Waals surface area contributed by atoms with Crippen LogP contribution < -0.4 is 5.32 Å². The summed E-state index contributed by atoms with van der Waals surface area (Å²) >= 11 is 0. The second-order valence-electron chi connectivity index (χ2n) is 5.68. The molecule has 3 nitrogen and oxygen atoms in total. The summed E-state index contributed by atoms with van der Waals surface area (Å²) in [4.78, 5) is 7.55. The lowest BCUT2D eigenvalue weighted by atomic mass is 9.87. The lowest BCUT2D eigenvalue weighted by Gasteiger charge is -2.21. The predicted molar refractivity (Wildman–Crippen MR) is 79.0 cm³/mol. The molecule has 19 heavy (non-hydrogen) atoms. The molecule has 1 aliphatic carbocycles. The molecule has 2 heterocycles. The lowest BCUT2D eigenvalue weighted by molar-refractivity contribution is 0.334. The minimum absolute atomic E-state index is 0.943. The summed E-state index contributed by atoms with van der Waals surface area (Å²) < 4.78 is 0. The Morgan fingerprint density at radius 3 is 3.05 bits per heavy atom. The van der Waals surface area contributed by atoms with Crippen molar-refractivity contribution in [2.45, 2.75) is 45.1 Å². The first kappa shape index (κ1) is 12.7. The van der Waals surface area contributed by atoms with Crippen LogP contribution in [0.1, 0.15) is 44.1 Å². The fourth-order valence-electron chi connectivity index (χ4n) is 3.16. The molecule has 0 atom stereocenters. The van der Waals surface area contributed by atoms with Gasteiger partial charge in [0.15, 0.2) is 0 Å². The van der Waals surface area contributed by atoms with Crippen LogP contribution in [0.25, 0.3) is 11.0 Å². The molecule has 0 amide bonds. The molecule has 0 saturated heterocycles. The topological polar surface area (TPSA) is 40.7 Å². The highest BCUT2D eigenvalue weighted by Gasteiger charge is 2.12. The van der Waals surface area contributed by atoms with E-state index in [9.17, 15) is 0 Å². The smallest absolute Gasteiger partial charge is 0.137 e. The summed E-state index contributed by atoms with van der Waals surface area (Å²) in [6.45, 7) is 2.08. The number of H-pyrrole nitrogens is 1. The molecule has 0 spiro atoms. The molecule has 1 fully saturated rings. The molecule has 2 N–H and O–H groups in total. The van der Waals surface area contributed by atoms with Crippen molar-refractivity contribution in [1.82, 2.24) is 15.3 Å². The zero-order chi connectivity index (χ0) is 12.9. The van der Waals surface area contributed by atoms with Gasteiger partial charge in [-0.1, -0.05) is 32.1 Å². The molecular formula is C16H23N3. The van der Waals surface area contributed by atoms with E-state index >= 15 is 0 Å². The van der Waals surface area contributed by atoms with E-state index in [0.29, 0.717) is 0 Å². The van der Waals surface area contributed by atoms with Crippen molar-refractivity contribution in [3.05, 3.63) is 30.1 Å². The van der Waals surface area contributed by atoms with Gasteiger partial charge in [0, 0.05) is 24.3 Å². The third-order valence-electron chi connectivity index (χ3n) is 4.31. The number of aromatic amines is 1. The van der Waals surface area contributed by atoms with Crippen LogP contribution in [-0.4, -0.2) is 16.5 Å². The molecule has 2 aromatic rings. The maximum absolute atomic E-state index is 4.32. The van der Waals surface area contributed by atoms with Gasteiger partial charge >= 0.3 is 0 Å². The molecule has 1 aliphatic rings. The van der Waals surface area contributed by atoms with Gasteiger partial charge in [-0.05, 0) is 36.6 Å². The third-order valence-corrected chi connectivity index (χ3v) is 4.31. The van der Waals surface area contributed by atoms with Gasteiger partial charge in [0.2, 0.25) is 0 Å². The number of pyridine rings is 1. The van der Waals surface area contributed by atoms with Crippen LogP contribution in [0.2, 0.25) is 0 Å². The summed E-state index contributed by atoms with van der Waals surface area (Å²) in [5.74, 6) is 0.964. The second-order valence-corrected chi connectivity index (χ2v) is 5.68. The Labute approximate surface area is 114 Å². The Bertz CT molecular complexity index is 511. The highest BCUT2D eigenvalue weighted by molar-refractivity contribution is 5.79. The van der Waals surface area contributed by atoms with E-state index in [1.165, 1.54) is 49.5 Å². The number of aromatic nitrogens is 2. The van der Waals surface area contributed by atoms with Gasteiger partial charge in [-0.25, -0.2) is 4.98 Å². The van der Waals surface area contributed by atoms with E-state index in [4.69, 9.17) is 0 Å². The summed E-state index contributed by atoms with van der Waals surface area (Å²) in [6, 6.07) is 4.14.